The molecule has 1 aromatic heterocycles. The number of aromatic nitrogens is 1. The van der Waals surface area contributed by atoms with Gasteiger partial charge in [0.1, 0.15) is 0 Å². The Labute approximate surface area is 75.2 Å². The molecule has 1 N–H and O–H groups in total. The van der Waals surface area contributed by atoms with Gasteiger partial charge in [0, 0.05) is 18.3 Å². The van der Waals surface area contributed by atoms with Crippen LogP contribution in [0.5, 0.6) is 5.75 Å². The summed E-state index contributed by atoms with van der Waals surface area (Å²) in [6.45, 7) is 2.61. The molecule has 0 fully saturated rings. The monoisotopic (exact) mass is 187 g/mol. The molecular weight excluding hydrogens is 178 g/mol. The molecule has 0 atom stereocenters. The quantitative estimate of drug-likeness (QED) is 0.710. The number of hydrogen-bond donors (Lipinski definition) is 1. The highest BCUT2D eigenvalue weighted by Crippen LogP contribution is 2.06. The Hall–Kier alpha value is -0.960. The van der Waals surface area contributed by atoms with Gasteiger partial charge in [0.2, 0.25) is 5.43 Å². The molecule has 0 radical (unpaired) electrons. The zero-order valence-electron chi connectivity index (χ0n) is 6.75. The van der Waals surface area contributed by atoms with Gasteiger partial charge >= 0.3 is 0 Å². The highest BCUT2D eigenvalue weighted by Gasteiger charge is 2.02. The average Bonchev–Trinajstić information content (AvgIpc) is 2.09. The lowest BCUT2D eigenvalue weighted by Crippen LogP contribution is -2.09. The van der Waals surface area contributed by atoms with Crippen LogP contribution in [0.3, 0.4) is 0 Å². The van der Waals surface area contributed by atoms with E-state index in [9.17, 15) is 4.79 Å². The van der Waals surface area contributed by atoms with Crippen LogP contribution < -0.4 is 5.43 Å². The van der Waals surface area contributed by atoms with Crippen LogP contribution in [0.25, 0.3) is 0 Å². The molecule has 12 heavy (non-hydrogen) atoms. The van der Waals surface area contributed by atoms with Crippen LogP contribution in [0.1, 0.15) is 12.6 Å². The summed E-state index contributed by atoms with van der Waals surface area (Å²) in [5, 5.41) is 9.07. The molecule has 1 heterocycles. The lowest BCUT2D eigenvalue weighted by molar-refractivity contribution is 0.460. The van der Waals surface area contributed by atoms with E-state index in [4.69, 9.17) is 16.7 Å². The first kappa shape index (κ1) is 9.13. The number of nitrogens with zero attached hydrogens (tertiary/aromatic N) is 1. The fraction of sp³-hybridized carbons (Fsp3) is 0.375. The second-order valence-corrected chi connectivity index (χ2v) is 2.70. The summed E-state index contributed by atoms with van der Waals surface area (Å²) in [7, 11) is 0. The third kappa shape index (κ3) is 1.61. The first-order valence-corrected chi connectivity index (χ1v) is 4.20. The van der Waals surface area contributed by atoms with Crippen molar-refractivity contribution in [2.75, 3.05) is 0 Å². The number of aryl methyl sites for hydroxylation is 1. The molecule has 0 saturated heterocycles. The van der Waals surface area contributed by atoms with E-state index in [1.54, 1.807) is 4.57 Å². The minimum atomic E-state index is -0.379. The van der Waals surface area contributed by atoms with Gasteiger partial charge in [-0.1, -0.05) is 0 Å². The van der Waals surface area contributed by atoms with E-state index in [0.717, 1.165) is 5.69 Å². The van der Waals surface area contributed by atoms with Gasteiger partial charge in [-0.3, -0.25) is 4.79 Å². The van der Waals surface area contributed by atoms with E-state index in [1.807, 2.05) is 6.92 Å². The molecule has 0 aliphatic rings. The van der Waals surface area contributed by atoms with Crippen LogP contribution in [0.15, 0.2) is 17.1 Å². The maximum Gasteiger partial charge on any atom is 0.223 e. The molecule has 1 aromatic rings. The lowest BCUT2D eigenvalue weighted by atomic mass is 10.3. The van der Waals surface area contributed by atoms with Crippen molar-refractivity contribution in [1.82, 2.24) is 4.57 Å². The van der Waals surface area contributed by atoms with Gasteiger partial charge in [-0.2, -0.15) is 0 Å². The highest BCUT2D eigenvalue weighted by atomic mass is 35.5. The van der Waals surface area contributed by atoms with E-state index in [1.165, 1.54) is 12.3 Å². The van der Waals surface area contributed by atoms with Crippen LogP contribution >= 0.6 is 11.6 Å². The topological polar surface area (TPSA) is 42.2 Å². The Morgan fingerprint density at radius 1 is 1.67 bits per heavy atom. The predicted octanol–water partition coefficient (Wildman–Crippen LogP) is 1.31. The molecular formula is C8H10ClNO2. The van der Waals surface area contributed by atoms with Gasteiger partial charge in [-0.25, -0.2) is 0 Å². The second-order valence-electron chi connectivity index (χ2n) is 2.43. The molecule has 0 aliphatic carbocycles. The number of rotatable bonds is 2. The average molecular weight is 188 g/mol. The van der Waals surface area contributed by atoms with Gasteiger partial charge in [0.25, 0.3) is 0 Å². The maximum atomic E-state index is 10.9. The molecule has 0 amide bonds. The van der Waals surface area contributed by atoms with E-state index in [-0.39, 0.29) is 17.1 Å². The van der Waals surface area contributed by atoms with Crippen molar-refractivity contribution in [3.05, 3.63) is 28.2 Å². The lowest BCUT2D eigenvalue weighted by Gasteiger charge is -2.08. The van der Waals surface area contributed by atoms with Crippen molar-refractivity contribution in [2.24, 2.45) is 0 Å². The summed E-state index contributed by atoms with van der Waals surface area (Å²) in [4.78, 5) is 10.9. The van der Waals surface area contributed by atoms with Crippen molar-refractivity contribution in [1.29, 1.82) is 0 Å². The van der Waals surface area contributed by atoms with Gasteiger partial charge in [0.15, 0.2) is 5.75 Å². The number of alkyl halides is 1. The standard InChI is InChI=1S/C8H10ClNO2/c1-2-10-5-8(12)7(11)3-6(10)4-9/h3,5,12H,2,4H2,1H3. The SMILES string of the molecule is CCn1cc(O)c(=O)cc1CCl. The third-order valence-corrected chi connectivity index (χ3v) is 1.95. The highest BCUT2D eigenvalue weighted by molar-refractivity contribution is 6.16. The van der Waals surface area contributed by atoms with Crippen LogP contribution in [0.2, 0.25) is 0 Å². The van der Waals surface area contributed by atoms with Crippen molar-refractivity contribution in [3.63, 3.8) is 0 Å². The van der Waals surface area contributed by atoms with Crippen LogP contribution in [0.4, 0.5) is 0 Å². The first-order chi connectivity index (χ1) is 5.69. The Morgan fingerprint density at radius 2 is 2.33 bits per heavy atom. The van der Waals surface area contributed by atoms with E-state index in [0.29, 0.717) is 6.54 Å². The maximum absolute atomic E-state index is 10.9. The summed E-state index contributed by atoms with van der Waals surface area (Å²) in [5.74, 6) is 0.0503. The molecule has 0 spiro atoms. The van der Waals surface area contributed by atoms with Crippen LogP contribution in [-0.4, -0.2) is 9.67 Å². The summed E-state index contributed by atoms with van der Waals surface area (Å²) >= 11 is 5.59. The van der Waals surface area contributed by atoms with Crippen molar-refractivity contribution in [3.8, 4) is 5.75 Å². The smallest absolute Gasteiger partial charge is 0.223 e. The van der Waals surface area contributed by atoms with Gasteiger partial charge in [-0.05, 0) is 6.92 Å². The number of pyridine rings is 1. The van der Waals surface area contributed by atoms with Crippen molar-refractivity contribution >= 4 is 11.6 Å². The Kier molecular flexibility index (Phi) is 2.76. The number of hydrogen-bond acceptors (Lipinski definition) is 2. The van der Waals surface area contributed by atoms with Crippen LogP contribution in [0, 0.1) is 0 Å². The van der Waals surface area contributed by atoms with Gasteiger partial charge in [0.05, 0.1) is 12.1 Å². The molecule has 0 aliphatic heterocycles. The van der Waals surface area contributed by atoms with Gasteiger partial charge < -0.3 is 9.67 Å². The third-order valence-electron chi connectivity index (χ3n) is 1.67. The van der Waals surface area contributed by atoms with E-state index < -0.39 is 0 Å². The molecule has 3 nitrogen and oxygen atoms in total. The number of aromatic hydroxyl groups is 1. The minimum absolute atomic E-state index is 0.231. The van der Waals surface area contributed by atoms with E-state index in [2.05, 4.69) is 0 Å². The number of halogens is 1. The summed E-state index contributed by atoms with van der Waals surface area (Å²) < 4.78 is 1.74. The largest absolute Gasteiger partial charge is 0.503 e. The molecule has 1 rings (SSSR count). The molecule has 0 bridgehead atoms. The van der Waals surface area contributed by atoms with Crippen LogP contribution in [-0.2, 0) is 12.4 Å². The molecule has 0 saturated carbocycles. The van der Waals surface area contributed by atoms with Crippen molar-refractivity contribution in [2.45, 2.75) is 19.3 Å². The second kappa shape index (κ2) is 3.63. The van der Waals surface area contributed by atoms with Crippen molar-refractivity contribution < 1.29 is 5.11 Å². The Bertz CT molecular complexity index is 332. The predicted molar refractivity (Wildman–Crippen MR) is 47.6 cm³/mol. The Morgan fingerprint density at radius 3 is 2.83 bits per heavy atom. The van der Waals surface area contributed by atoms with Gasteiger partial charge in [-0.15, -0.1) is 11.6 Å². The fourth-order valence-corrected chi connectivity index (χ4v) is 1.24. The first-order valence-electron chi connectivity index (χ1n) is 3.67. The molecule has 0 aromatic carbocycles. The zero-order chi connectivity index (χ0) is 9.14. The minimum Gasteiger partial charge on any atom is -0.503 e. The summed E-state index contributed by atoms with van der Waals surface area (Å²) in [6.07, 6.45) is 1.40. The molecule has 0 unspecified atom stereocenters. The summed E-state index contributed by atoms with van der Waals surface area (Å²) in [5.41, 5.74) is 0.345. The molecule has 4 heteroatoms. The normalized spacial score (nSPS) is 10.2. The Balaban J connectivity index is 3.29. The fourth-order valence-electron chi connectivity index (χ4n) is 1.01. The van der Waals surface area contributed by atoms with E-state index >= 15 is 0 Å². The zero-order valence-corrected chi connectivity index (χ0v) is 7.51. The summed E-state index contributed by atoms with van der Waals surface area (Å²) in [6, 6.07) is 1.35. The molecule has 66 valence electrons.